The lowest BCUT2D eigenvalue weighted by Gasteiger charge is -2.20. The first-order valence-electron chi connectivity index (χ1n) is 30.3. The van der Waals surface area contributed by atoms with E-state index >= 15 is 0 Å². The van der Waals surface area contributed by atoms with Gasteiger partial charge in [-0.15, -0.1) is 0 Å². The maximum Gasteiger partial charge on any atom is 0.305 e. The summed E-state index contributed by atoms with van der Waals surface area (Å²) in [4.78, 5) is 24.5. The van der Waals surface area contributed by atoms with E-state index in [9.17, 15) is 19.8 Å². The van der Waals surface area contributed by atoms with Gasteiger partial charge in [-0.3, -0.25) is 9.59 Å². The van der Waals surface area contributed by atoms with Crippen LogP contribution in [0.2, 0.25) is 0 Å². The first-order chi connectivity index (χ1) is 33.5. The van der Waals surface area contributed by atoms with E-state index in [2.05, 4.69) is 43.5 Å². The molecule has 0 aliphatic heterocycles. The molecule has 0 radical (unpaired) electrons. The van der Waals surface area contributed by atoms with Crippen molar-refractivity contribution in [1.29, 1.82) is 0 Å². The third-order valence-corrected chi connectivity index (χ3v) is 13.9. The average Bonchev–Trinajstić information content (AvgIpc) is 3.34. The Morgan fingerprint density at radius 3 is 1.15 bits per heavy atom. The lowest BCUT2D eigenvalue weighted by molar-refractivity contribution is -0.143. The van der Waals surface area contributed by atoms with Crippen LogP contribution in [0.25, 0.3) is 0 Å². The highest BCUT2D eigenvalue weighted by atomic mass is 16.5. The Labute approximate surface area is 424 Å². The minimum absolute atomic E-state index is 0.0204. The molecule has 0 aromatic carbocycles. The van der Waals surface area contributed by atoms with Crippen LogP contribution >= 0.6 is 0 Å². The van der Waals surface area contributed by atoms with Gasteiger partial charge >= 0.3 is 5.97 Å². The number of aliphatic hydroxyl groups excluding tert-OH is 2. The molecule has 2 unspecified atom stereocenters. The third-order valence-electron chi connectivity index (χ3n) is 13.9. The molecular formula is C62H117NO5. The first kappa shape index (κ1) is 66.1. The molecule has 0 aliphatic rings. The highest BCUT2D eigenvalue weighted by Crippen LogP contribution is 2.17. The Kier molecular flexibility index (Phi) is 56.0. The fourth-order valence-electron chi connectivity index (χ4n) is 9.25. The van der Waals surface area contributed by atoms with Crippen LogP contribution < -0.4 is 5.32 Å². The summed E-state index contributed by atoms with van der Waals surface area (Å²) in [5.41, 5.74) is 0. The van der Waals surface area contributed by atoms with Crippen LogP contribution in [0, 0.1) is 0 Å². The van der Waals surface area contributed by atoms with Crippen LogP contribution in [0.1, 0.15) is 322 Å². The molecule has 0 aromatic heterocycles. The van der Waals surface area contributed by atoms with Crippen LogP contribution in [-0.2, 0) is 14.3 Å². The van der Waals surface area contributed by atoms with Crippen molar-refractivity contribution in [3.63, 3.8) is 0 Å². The summed E-state index contributed by atoms with van der Waals surface area (Å²) in [6.45, 7) is 4.86. The molecule has 0 bridgehead atoms. The van der Waals surface area contributed by atoms with Crippen molar-refractivity contribution >= 4 is 11.9 Å². The van der Waals surface area contributed by atoms with E-state index in [1.165, 1.54) is 225 Å². The Hall–Kier alpha value is -1.92. The maximum absolute atomic E-state index is 12.5. The van der Waals surface area contributed by atoms with Gasteiger partial charge in [0.2, 0.25) is 5.91 Å². The van der Waals surface area contributed by atoms with E-state index in [0.29, 0.717) is 19.4 Å². The largest absolute Gasteiger partial charge is 0.466 e. The smallest absolute Gasteiger partial charge is 0.305 e. The quantitative estimate of drug-likeness (QED) is 0.0321. The highest BCUT2D eigenvalue weighted by Gasteiger charge is 2.18. The number of ether oxygens (including phenoxy) is 1. The van der Waals surface area contributed by atoms with Crippen molar-refractivity contribution in [2.75, 3.05) is 13.2 Å². The van der Waals surface area contributed by atoms with Gasteiger partial charge in [0.1, 0.15) is 0 Å². The molecule has 0 rings (SSSR count). The highest BCUT2D eigenvalue weighted by molar-refractivity contribution is 5.76. The number of unbranched alkanes of at least 4 members (excludes halogenated alkanes) is 41. The molecule has 0 fully saturated rings. The fourth-order valence-corrected chi connectivity index (χ4v) is 9.25. The molecule has 0 saturated carbocycles. The number of carbonyl (C=O) groups is 2. The van der Waals surface area contributed by atoms with Gasteiger partial charge in [-0.25, -0.2) is 0 Å². The number of esters is 1. The molecule has 1 amide bonds. The number of nitrogens with one attached hydrogen (secondary N) is 1. The van der Waals surface area contributed by atoms with Gasteiger partial charge < -0.3 is 20.3 Å². The number of hydrogen-bond acceptors (Lipinski definition) is 5. The molecule has 6 nitrogen and oxygen atoms in total. The lowest BCUT2D eigenvalue weighted by atomic mass is 10.0. The Balaban J connectivity index is 3.49. The Bertz CT molecular complexity index is 1100. The van der Waals surface area contributed by atoms with Crippen LogP contribution in [0.15, 0.2) is 36.5 Å². The van der Waals surface area contributed by atoms with Crippen molar-refractivity contribution in [3.8, 4) is 0 Å². The number of aliphatic hydroxyl groups is 2. The van der Waals surface area contributed by atoms with Gasteiger partial charge in [-0.1, -0.05) is 281 Å². The first-order valence-corrected chi connectivity index (χ1v) is 30.3. The second-order valence-electron chi connectivity index (χ2n) is 20.7. The second kappa shape index (κ2) is 57.7. The third kappa shape index (κ3) is 53.4. The SMILES string of the molecule is CCCCC/C=C\C/C=C\CCCCCCCC(=O)OCCCCCCCCCCCCCCCC(=O)NC(CO)C(O)/C=C/CCCCCCCCCCCCCCCCCCCCCCC. The number of carbonyl (C=O) groups excluding carboxylic acids is 2. The summed E-state index contributed by atoms with van der Waals surface area (Å²) in [6, 6.07) is -0.640. The standard InChI is InChI=1S/C62H117NO5/c1-3-5-7-9-11-13-15-17-19-20-21-22-23-24-25-26-28-30-34-38-42-46-50-54-60(65)59(58-64)63-61(66)55-51-47-43-39-35-31-29-33-37-41-45-49-53-57-68-62(67)56-52-48-44-40-36-32-27-18-16-14-12-10-8-6-4-2/h12,14,18,27,50,54,59-60,64-65H,3-11,13,15-17,19-26,28-49,51-53,55-58H2,1-2H3,(H,63,66)/b14-12-,27-18-,54-50+. The molecule has 0 spiro atoms. The molecule has 6 heteroatoms. The number of hydrogen-bond donors (Lipinski definition) is 3. The van der Waals surface area contributed by atoms with Gasteiger partial charge in [0, 0.05) is 12.8 Å². The molecule has 400 valence electrons. The second-order valence-corrected chi connectivity index (χ2v) is 20.7. The van der Waals surface area contributed by atoms with E-state index in [4.69, 9.17) is 4.74 Å². The average molecular weight is 957 g/mol. The van der Waals surface area contributed by atoms with Crippen molar-refractivity contribution in [3.05, 3.63) is 36.5 Å². The molecule has 0 aliphatic carbocycles. The number of amides is 1. The Morgan fingerprint density at radius 1 is 0.412 bits per heavy atom. The van der Waals surface area contributed by atoms with Crippen molar-refractivity contribution in [1.82, 2.24) is 5.32 Å². The molecule has 0 aromatic rings. The summed E-state index contributed by atoms with van der Waals surface area (Å²) in [6.07, 6.45) is 71.7. The van der Waals surface area contributed by atoms with Crippen LogP contribution in [0.3, 0.4) is 0 Å². The minimum Gasteiger partial charge on any atom is -0.466 e. The molecule has 0 heterocycles. The lowest BCUT2D eigenvalue weighted by Crippen LogP contribution is -2.45. The van der Waals surface area contributed by atoms with Crippen molar-refractivity contribution in [2.45, 2.75) is 334 Å². The van der Waals surface area contributed by atoms with Gasteiger partial charge in [0.05, 0.1) is 25.4 Å². The van der Waals surface area contributed by atoms with Gasteiger partial charge in [-0.05, 0) is 64.2 Å². The summed E-state index contributed by atoms with van der Waals surface area (Å²) in [5.74, 6) is -0.0995. The monoisotopic (exact) mass is 956 g/mol. The van der Waals surface area contributed by atoms with E-state index in [1.807, 2.05) is 6.08 Å². The van der Waals surface area contributed by atoms with Crippen LogP contribution in [-0.4, -0.2) is 47.4 Å². The van der Waals surface area contributed by atoms with Gasteiger partial charge in [0.15, 0.2) is 0 Å². The molecule has 3 N–H and O–H groups in total. The zero-order chi connectivity index (χ0) is 49.3. The van der Waals surface area contributed by atoms with E-state index in [1.54, 1.807) is 6.08 Å². The topological polar surface area (TPSA) is 95.9 Å². The normalized spacial score (nSPS) is 12.8. The summed E-state index contributed by atoms with van der Waals surface area (Å²) >= 11 is 0. The molecule has 2 atom stereocenters. The fraction of sp³-hybridized carbons (Fsp3) is 0.871. The maximum atomic E-state index is 12.5. The molecular weight excluding hydrogens is 839 g/mol. The Morgan fingerprint density at radius 2 is 0.735 bits per heavy atom. The summed E-state index contributed by atoms with van der Waals surface area (Å²) in [7, 11) is 0. The van der Waals surface area contributed by atoms with E-state index in [-0.39, 0.29) is 18.5 Å². The number of rotatable bonds is 56. The van der Waals surface area contributed by atoms with E-state index < -0.39 is 12.1 Å². The van der Waals surface area contributed by atoms with Crippen molar-refractivity contribution in [2.24, 2.45) is 0 Å². The summed E-state index contributed by atoms with van der Waals surface area (Å²) < 4.78 is 5.46. The van der Waals surface area contributed by atoms with E-state index in [0.717, 1.165) is 70.6 Å². The summed E-state index contributed by atoms with van der Waals surface area (Å²) in [5, 5.41) is 23.2. The van der Waals surface area contributed by atoms with Crippen LogP contribution in [0.4, 0.5) is 0 Å². The zero-order valence-corrected chi connectivity index (χ0v) is 45.6. The number of allylic oxidation sites excluding steroid dienone is 5. The molecule has 68 heavy (non-hydrogen) atoms. The van der Waals surface area contributed by atoms with Gasteiger partial charge in [0.25, 0.3) is 0 Å². The van der Waals surface area contributed by atoms with Crippen molar-refractivity contribution < 1.29 is 24.5 Å². The predicted molar refractivity (Wildman–Crippen MR) is 296 cm³/mol. The minimum atomic E-state index is -0.855. The van der Waals surface area contributed by atoms with Gasteiger partial charge in [-0.2, -0.15) is 0 Å². The predicted octanol–water partition coefficient (Wildman–Crippen LogP) is 18.8. The molecule has 0 saturated heterocycles. The van der Waals surface area contributed by atoms with Crippen LogP contribution in [0.5, 0.6) is 0 Å². The zero-order valence-electron chi connectivity index (χ0n) is 45.6.